The number of carbonyl (C=O) groups excluding carboxylic acids is 1. The molecule has 1 amide bonds. The summed E-state index contributed by atoms with van der Waals surface area (Å²) in [6, 6.07) is 10.8. The highest BCUT2D eigenvalue weighted by molar-refractivity contribution is 6.32. The Balaban J connectivity index is 2.11. The zero-order valence-electron chi connectivity index (χ0n) is 17.8. The van der Waals surface area contributed by atoms with Gasteiger partial charge in [0.15, 0.2) is 0 Å². The number of aryl methyl sites for hydroxylation is 3. The average molecular weight is 416 g/mol. The quantitative estimate of drug-likeness (QED) is 0.504. The van der Waals surface area contributed by atoms with Crippen molar-refractivity contribution in [3.05, 3.63) is 68.1 Å². The van der Waals surface area contributed by atoms with E-state index in [0.717, 1.165) is 33.8 Å². The van der Waals surface area contributed by atoms with E-state index in [0.29, 0.717) is 13.1 Å². The Bertz CT molecular complexity index is 859. The van der Waals surface area contributed by atoms with Gasteiger partial charge in [0.25, 0.3) is 5.91 Å². The van der Waals surface area contributed by atoms with E-state index < -0.39 is 11.8 Å². The van der Waals surface area contributed by atoms with Crippen LogP contribution in [-0.2, 0) is 11.3 Å². The summed E-state index contributed by atoms with van der Waals surface area (Å²) in [6.07, 6.45) is 0.945. The van der Waals surface area contributed by atoms with Crippen LogP contribution in [0.5, 0.6) is 0 Å². The highest BCUT2D eigenvalue weighted by Crippen LogP contribution is 2.29. The minimum absolute atomic E-state index is 0.185. The van der Waals surface area contributed by atoms with E-state index >= 15 is 0 Å². The SMILES string of the molecule is CC[C@@H](Nc1ccc(C)c(CNC[C@H](C)C(=O)N=O)c1)c1cc(C)c(Cl)c(C)c1. The number of nitroso groups, excluding NO2 is 1. The predicted octanol–water partition coefficient (Wildman–Crippen LogP) is 5.85. The number of anilines is 1. The van der Waals surface area contributed by atoms with Crippen LogP contribution < -0.4 is 10.6 Å². The zero-order valence-corrected chi connectivity index (χ0v) is 18.6. The van der Waals surface area contributed by atoms with Crippen LogP contribution in [-0.4, -0.2) is 12.5 Å². The molecule has 2 aromatic carbocycles. The molecular weight excluding hydrogens is 386 g/mol. The van der Waals surface area contributed by atoms with Gasteiger partial charge in [-0.05, 0) is 67.1 Å². The van der Waals surface area contributed by atoms with Gasteiger partial charge >= 0.3 is 0 Å². The van der Waals surface area contributed by atoms with Crippen molar-refractivity contribution in [2.24, 2.45) is 11.1 Å². The molecule has 5 nitrogen and oxygen atoms in total. The molecule has 0 fully saturated rings. The van der Waals surface area contributed by atoms with E-state index in [1.807, 2.05) is 13.8 Å². The molecule has 0 aromatic heterocycles. The number of halogens is 1. The van der Waals surface area contributed by atoms with Gasteiger partial charge in [-0.15, -0.1) is 4.91 Å². The first kappa shape index (κ1) is 23.0. The second-order valence-electron chi connectivity index (χ2n) is 7.68. The number of nitrogens with zero attached hydrogens (tertiary/aromatic N) is 1. The molecule has 2 rings (SSSR count). The van der Waals surface area contributed by atoms with Gasteiger partial charge in [-0.25, -0.2) is 0 Å². The predicted molar refractivity (Wildman–Crippen MR) is 120 cm³/mol. The van der Waals surface area contributed by atoms with Crippen LogP contribution in [0.25, 0.3) is 0 Å². The van der Waals surface area contributed by atoms with Crippen LogP contribution in [0, 0.1) is 31.6 Å². The first-order valence-electron chi connectivity index (χ1n) is 9.97. The third-order valence-corrected chi connectivity index (χ3v) is 5.83. The molecule has 0 unspecified atom stereocenters. The van der Waals surface area contributed by atoms with Crippen molar-refractivity contribution in [3.63, 3.8) is 0 Å². The first-order chi connectivity index (χ1) is 13.8. The maximum absolute atomic E-state index is 11.3. The third-order valence-electron chi connectivity index (χ3n) is 5.24. The summed E-state index contributed by atoms with van der Waals surface area (Å²) in [4.78, 5) is 21.6. The highest BCUT2D eigenvalue weighted by atomic mass is 35.5. The maximum atomic E-state index is 11.3. The minimum atomic E-state index is -0.621. The van der Waals surface area contributed by atoms with Gasteiger partial charge in [0.1, 0.15) is 0 Å². The molecule has 0 bridgehead atoms. The number of carbonyl (C=O) groups is 1. The third kappa shape index (κ3) is 6.12. The minimum Gasteiger partial charge on any atom is -0.378 e. The van der Waals surface area contributed by atoms with Gasteiger partial charge in [0.05, 0.1) is 12.0 Å². The summed E-state index contributed by atoms with van der Waals surface area (Å²) in [5.74, 6) is -1.04. The Labute approximate surface area is 178 Å². The first-order valence-corrected chi connectivity index (χ1v) is 10.3. The number of hydrogen-bond acceptors (Lipinski definition) is 4. The maximum Gasteiger partial charge on any atom is 0.290 e. The lowest BCUT2D eigenvalue weighted by molar-refractivity contribution is -0.121. The largest absolute Gasteiger partial charge is 0.378 e. The van der Waals surface area contributed by atoms with Gasteiger partial charge in [-0.2, -0.15) is 0 Å². The van der Waals surface area contributed by atoms with Crippen molar-refractivity contribution in [1.29, 1.82) is 0 Å². The Hall–Kier alpha value is -2.24. The highest BCUT2D eigenvalue weighted by Gasteiger charge is 2.14. The summed E-state index contributed by atoms with van der Waals surface area (Å²) < 4.78 is 0. The van der Waals surface area contributed by atoms with E-state index in [9.17, 15) is 9.70 Å². The molecule has 6 heteroatoms. The lowest BCUT2D eigenvalue weighted by atomic mass is 9.98. The molecular formula is C23H30ClN3O2. The molecule has 0 spiro atoms. The van der Waals surface area contributed by atoms with Gasteiger partial charge in [-0.3, -0.25) is 4.79 Å². The fourth-order valence-electron chi connectivity index (χ4n) is 3.36. The molecule has 29 heavy (non-hydrogen) atoms. The topological polar surface area (TPSA) is 70.6 Å². The van der Waals surface area contributed by atoms with Crippen molar-refractivity contribution in [1.82, 2.24) is 5.32 Å². The molecule has 0 aliphatic rings. The molecule has 2 atom stereocenters. The Kier molecular flexibility index (Phi) is 8.35. The van der Waals surface area contributed by atoms with Gasteiger partial charge < -0.3 is 10.6 Å². The average Bonchev–Trinajstić information content (AvgIpc) is 2.71. The normalized spacial score (nSPS) is 13.0. The standard InChI is InChI=1S/C23H30ClN3O2/c1-6-21(18-9-15(3)22(24)16(4)10-18)26-20-8-7-14(2)19(11-20)13-25-12-17(5)23(28)27-29/h7-11,17,21,25-26H,6,12-13H2,1-5H3/t17-,21+/m0/s1. The molecule has 0 saturated heterocycles. The molecule has 2 N–H and O–H groups in total. The van der Waals surface area contributed by atoms with Gasteiger partial charge in [0, 0.05) is 29.0 Å². The smallest absolute Gasteiger partial charge is 0.290 e. The Morgan fingerprint density at radius 2 is 1.76 bits per heavy atom. The van der Waals surface area contributed by atoms with E-state index in [4.69, 9.17) is 11.6 Å². The summed E-state index contributed by atoms with van der Waals surface area (Å²) in [5.41, 5.74) is 6.76. The van der Waals surface area contributed by atoms with Crippen molar-refractivity contribution in [3.8, 4) is 0 Å². The number of benzene rings is 2. The van der Waals surface area contributed by atoms with Crippen LogP contribution in [0.1, 0.15) is 54.1 Å². The van der Waals surface area contributed by atoms with E-state index in [-0.39, 0.29) is 6.04 Å². The van der Waals surface area contributed by atoms with Gasteiger partial charge in [-0.1, -0.05) is 43.6 Å². The summed E-state index contributed by atoms with van der Waals surface area (Å²) in [5, 5.41) is 10.2. The number of hydrogen-bond donors (Lipinski definition) is 2. The lowest BCUT2D eigenvalue weighted by Crippen LogP contribution is -2.25. The van der Waals surface area contributed by atoms with Crippen molar-refractivity contribution >= 4 is 23.2 Å². The van der Waals surface area contributed by atoms with E-state index in [2.05, 4.69) is 60.0 Å². The van der Waals surface area contributed by atoms with E-state index in [1.54, 1.807) is 6.92 Å². The Morgan fingerprint density at radius 3 is 2.34 bits per heavy atom. The summed E-state index contributed by atoms with van der Waals surface area (Å²) in [7, 11) is 0. The molecule has 0 heterocycles. The fourth-order valence-corrected chi connectivity index (χ4v) is 3.46. The van der Waals surface area contributed by atoms with Crippen molar-refractivity contribution in [2.75, 3.05) is 11.9 Å². The van der Waals surface area contributed by atoms with Crippen LogP contribution in [0.4, 0.5) is 5.69 Å². The summed E-state index contributed by atoms with van der Waals surface area (Å²) >= 11 is 6.32. The number of nitrogens with one attached hydrogen (secondary N) is 2. The summed E-state index contributed by atoms with van der Waals surface area (Å²) in [6.45, 7) is 11.0. The fraction of sp³-hybridized carbons (Fsp3) is 0.435. The molecule has 2 aromatic rings. The second kappa shape index (κ2) is 10.5. The van der Waals surface area contributed by atoms with Crippen molar-refractivity contribution < 1.29 is 4.79 Å². The molecule has 156 valence electrons. The van der Waals surface area contributed by atoms with Crippen LogP contribution >= 0.6 is 11.6 Å². The van der Waals surface area contributed by atoms with Crippen LogP contribution in [0.15, 0.2) is 35.5 Å². The number of amides is 1. The second-order valence-corrected chi connectivity index (χ2v) is 8.05. The van der Waals surface area contributed by atoms with E-state index in [1.165, 1.54) is 11.1 Å². The van der Waals surface area contributed by atoms with Crippen LogP contribution in [0.2, 0.25) is 5.02 Å². The number of rotatable bonds is 9. The molecule has 0 aliphatic carbocycles. The van der Waals surface area contributed by atoms with Crippen molar-refractivity contribution in [2.45, 2.75) is 53.6 Å². The molecule has 0 aliphatic heterocycles. The van der Waals surface area contributed by atoms with Crippen LogP contribution in [0.3, 0.4) is 0 Å². The zero-order chi connectivity index (χ0) is 21.6. The van der Waals surface area contributed by atoms with Gasteiger partial charge in [0.2, 0.25) is 0 Å². The Morgan fingerprint density at radius 1 is 1.10 bits per heavy atom. The molecule has 0 radical (unpaired) electrons. The lowest BCUT2D eigenvalue weighted by Gasteiger charge is -2.21. The monoisotopic (exact) mass is 415 g/mol. The molecule has 0 saturated carbocycles.